The van der Waals surface area contributed by atoms with Crippen molar-refractivity contribution in [2.45, 2.75) is 43.2 Å². The van der Waals surface area contributed by atoms with Crippen molar-refractivity contribution in [3.05, 3.63) is 30.2 Å². The van der Waals surface area contributed by atoms with Gasteiger partial charge in [0.25, 0.3) is 5.22 Å². The predicted octanol–water partition coefficient (Wildman–Crippen LogP) is 3.91. The molecule has 7 heteroatoms. The van der Waals surface area contributed by atoms with E-state index in [-0.39, 0.29) is 11.7 Å². The van der Waals surface area contributed by atoms with Crippen molar-refractivity contribution in [1.82, 2.24) is 10.2 Å². The van der Waals surface area contributed by atoms with Crippen LogP contribution in [0.4, 0.5) is 11.4 Å². The molecule has 0 spiro atoms. The van der Waals surface area contributed by atoms with E-state index in [1.807, 2.05) is 43.3 Å². The summed E-state index contributed by atoms with van der Waals surface area (Å²) in [5.41, 5.74) is 1.87. The molecule has 1 aromatic carbocycles. The number of hydrogen-bond donors (Lipinski definition) is 1. The van der Waals surface area contributed by atoms with Crippen LogP contribution in [0.3, 0.4) is 0 Å². The minimum Gasteiger partial charge on any atom is -0.416 e. The molecule has 1 aromatic heterocycles. The normalized spacial score (nSPS) is 15.1. The van der Waals surface area contributed by atoms with Crippen molar-refractivity contribution < 1.29 is 9.21 Å². The highest BCUT2D eigenvalue weighted by Gasteiger charge is 2.21. The number of hydrogen-bond acceptors (Lipinski definition) is 6. The van der Waals surface area contributed by atoms with E-state index in [9.17, 15) is 4.79 Å². The third-order valence-corrected chi connectivity index (χ3v) is 5.19. The molecular formula is C18H24N4O2S. The minimum atomic E-state index is -0.0833. The third-order valence-electron chi connectivity index (χ3n) is 4.37. The highest BCUT2D eigenvalue weighted by atomic mass is 32.2. The van der Waals surface area contributed by atoms with Gasteiger partial charge in [-0.1, -0.05) is 31.0 Å². The molecule has 0 bridgehead atoms. The molecule has 0 aliphatic heterocycles. The highest BCUT2D eigenvalue weighted by molar-refractivity contribution is 7.99. The van der Waals surface area contributed by atoms with Crippen LogP contribution in [0.2, 0.25) is 0 Å². The molecule has 1 aliphatic rings. The molecule has 25 heavy (non-hydrogen) atoms. The molecule has 2 aromatic rings. The van der Waals surface area contributed by atoms with E-state index in [1.54, 1.807) is 0 Å². The average molecular weight is 360 g/mol. The molecule has 1 heterocycles. The Morgan fingerprint density at radius 1 is 1.20 bits per heavy atom. The Bertz CT molecular complexity index is 693. The van der Waals surface area contributed by atoms with E-state index in [2.05, 4.69) is 15.5 Å². The fourth-order valence-corrected chi connectivity index (χ4v) is 3.53. The number of carbonyl (C=O) groups excluding carboxylic acids is 1. The zero-order valence-corrected chi connectivity index (χ0v) is 15.5. The molecule has 134 valence electrons. The lowest BCUT2D eigenvalue weighted by Crippen LogP contribution is -2.14. The zero-order valence-electron chi connectivity index (χ0n) is 14.7. The van der Waals surface area contributed by atoms with Crippen LogP contribution >= 0.6 is 11.8 Å². The summed E-state index contributed by atoms with van der Waals surface area (Å²) >= 11 is 1.28. The lowest BCUT2D eigenvalue weighted by Gasteiger charge is -2.17. The summed E-state index contributed by atoms with van der Waals surface area (Å²) in [6.07, 6.45) is 5.99. The van der Waals surface area contributed by atoms with Gasteiger partial charge in [0.15, 0.2) is 0 Å². The molecule has 1 N–H and O–H groups in total. The third kappa shape index (κ3) is 4.98. The Hall–Kier alpha value is -2.02. The van der Waals surface area contributed by atoms with Gasteiger partial charge in [-0.2, -0.15) is 0 Å². The summed E-state index contributed by atoms with van der Waals surface area (Å²) in [5.74, 6) is 1.28. The fraction of sp³-hybridized carbons (Fsp3) is 0.500. The van der Waals surface area contributed by atoms with Gasteiger partial charge in [0, 0.05) is 31.4 Å². The van der Waals surface area contributed by atoms with Gasteiger partial charge in [-0.15, -0.1) is 10.2 Å². The topological polar surface area (TPSA) is 71.3 Å². The first-order valence-corrected chi connectivity index (χ1v) is 9.64. The second-order valence-electron chi connectivity index (χ2n) is 6.52. The molecule has 0 atom stereocenters. The largest absolute Gasteiger partial charge is 0.416 e. The summed E-state index contributed by atoms with van der Waals surface area (Å²) in [4.78, 5) is 14.1. The molecule has 6 nitrogen and oxygen atoms in total. The molecule has 1 fully saturated rings. The van der Waals surface area contributed by atoms with Crippen molar-refractivity contribution in [1.29, 1.82) is 0 Å². The lowest BCUT2D eigenvalue weighted by atomic mass is 9.89. The highest BCUT2D eigenvalue weighted by Crippen LogP contribution is 2.32. The first kappa shape index (κ1) is 17.8. The van der Waals surface area contributed by atoms with Gasteiger partial charge in [-0.05, 0) is 37.1 Å². The number of amides is 1. The number of thioether (sulfide) groups is 1. The van der Waals surface area contributed by atoms with Crippen LogP contribution in [0.15, 0.2) is 33.9 Å². The van der Waals surface area contributed by atoms with Gasteiger partial charge in [0.1, 0.15) is 0 Å². The Labute approximate surface area is 152 Å². The molecule has 1 amide bonds. The predicted molar refractivity (Wildman–Crippen MR) is 100 cm³/mol. The van der Waals surface area contributed by atoms with Gasteiger partial charge >= 0.3 is 0 Å². The van der Waals surface area contributed by atoms with E-state index in [0.29, 0.717) is 11.1 Å². The number of nitrogens with one attached hydrogen (secondary N) is 1. The first-order valence-electron chi connectivity index (χ1n) is 8.65. The van der Waals surface area contributed by atoms with Crippen molar-refractivity contribution in [2.24, 2.45) is 0 Å². The van der Waals surface area contributed by atoms with Crippen LogP contribution in [0, 0.1) is 0 Å². The summed E-state index contributed by atoms with van der Waals surface area (Å²) < 4.78 is 5.72. The fourth-order valence-electron chi connectivity index (χ4n) is 2.96. The van der Waals surface area contributed by atoms with Crippen molar-refractivity contribution >= 4 is 29.0 Å². The monoisotopic (exact) mass is 360 g/mol. The van der Waals surface area contributed by atoms with Gasteiger partial charge in [0.05, 0.1) is 5.75 Å². The van der Waals surface area contributed by atoms with Crippen molar-refractivity contribution in [2.75, 3.05) is 30.1 Å². The summed E-state index contributed by atoms with van der Waals surface area (Å²) in [6, 6.07) is 7.73. The number of carbonyl (C=O) groups is 1. The van der Waals surface area contributed by atoms with E-state index >= 15 is 0 Å². The Kier molecular flexibility index (Phi) is 5.96. The Morgan fingerprint density at radius 3 is 2.60 bits per heavy atom. The van der Waals surface area contributed by atoms with Crippen molar-refractivity contribution in [3.63, 3.8) is 0 Å². The van der Waals surface area contributed by atoms with E-state index in [0.717, 1.165) is 30.1 Å². The summed E-state index contributed by atoms with van der Waals surface area (Å²) in [5, 5.41) is 11.6. The molecular weight excluding hydrogens is 336 g/mol. The second-order valence-corrected chi connectivity index (χ2v) is 7.45. The smallest absolute Gasteiger partial charge is 0.277 e. The molecule has 0 radical (unpaired) electrons. The number of rotatable bonds is 6. The van der Waals surface area contributed by atoms with Crippen LogP contribution < -0.4 is 10.2 Å². The molecule has 3 rings (SSSR count). The summed E-state index contributed by atoms with van der Waals surface area (Å²) in [7, 11) is 3.96. The van der Waals surface area contributed by atoms with Crippen LogP contribution in [0.1, 0.15) is 43.9 Å². The van der Waals surface area contributed by atoms with Crippen LogP contribution in [-0.4, -0.2) is 36.0 Å². The van der Waals surface area contributed by atoms with Crippen molar-refractivity contribution in [3.8, 4) is 0 Å². The lowest BCUT2D eigenvalue weighted by molar-refractivity contribution is -0.113. The van der Waals surface area contributed by atoms with E-state index in [4.69, 9.17) is 4.42 Å². The Balaban J connectivity index is 1.48. The van der Waals surface area contributed by atoms with Crippen LogP contribution in [-0.2, 0) is 4.79 Å². The number of anilines is 2. The maximum absolute atomic E-state index is 12.1. The van der Waals surface area contributed by atoms with Gasteiger partial charge in [-0.3, -0.25) is 4.79 Å². The van der Waals surface area contributed by atoms with Crippen LogP contribution in [0.25, 0.3) is 0 Å². The standard InChI is InChI=1S/C18H24N4O2S/c1-22(2)15-10-8-14(9-11-15)19-16(23)12-25-18-21-20-17(24-18)13-6-4-3-5-7-13/h8-11,13H,3-7,12H2,1-2H3,(H,19,23). The molecule has 1 aliphatic carbocycles. The molecule has 1 saturated carbocycles. The maximum Gasteiger partial charge on any atom is 0.277 e. The Morgan fingerprint density at radius 2 is 1.92 bits per heavy atom. The van der Waals surface area contributed by atoms with E-state index in [1.165, 1.54) is 31.0 Å². The number of benzene rings is 1. The SMILES string of the molecule is CN(C)c1ccc(NC(=O)CSc2nnc(C3CCCCC3)o2)cc1. The average Bonchev–Trinajstić information content (AvgIpc) is 3.10. The molecule has 0 saturated heterocycles. The van der Waals surface area contributed by atoms with E-state index < -0.39 is 0 Å². The van der Waals surface area contributed by atoms with Gasteiger partial charge < -0.3 is 14.6 Å². The first-order chi connectivity index (χ1) is 12.1. The van der Waals surface area contributed by atoms with Gasteiger partial charge in [0.2, 0.25) is 11.8 Å². The quantitative estimate of drug-likeness (QED) is 0.788. The summed E-state index contributed by atoms with van der Waals surface area (Å²) in [6.45, 7) is 0. The number of aromatic nitrogens is 2. The second kappa shape index (κ2) is 8.38. The number of nitrogens with zero attached hydrogens (tertiary/aromatic N) is 3. The minimum absolute atomic E-state index is 0.0833. The zero-order chi connectivity index (χ0) is 17.6. The molecule has 0 unspecified atom stereocenters. The van der Waals surface area contributed by atoms with Gasteiger partial charge in [-0.25, -0.2) is 0 Å². The maximum atomic E-state index is 12.1. The van der Waals surface area contributed by atoms with Crippen LogP contribution in [0.5, 0.6) is 0 Å².